The van der Waals surface area contributed by atoms with Gasteiger partial charge in [-0.15, -0.1) is 0 Å². The standard InChI is InChI=1S/C6H5.F2O2S.K/c1-2-4-6-5-3-1;1-5(2,3)4;/h1-5H;;. The molecule has 0 spiro atoms. The number of hydrogen-bond acceptors (Lipinski definition) is 2. The number of rotatable bonds is 0. The first-order valence-corrected chi connectivity index (χ1v) is 5.90. The Morgan fingerprint density at radius 2 is 1.42 bits per heavy atom. The summed E-state index contributed by atoms with van der Waals surface area (Å²) in [6.07, 6.45) is 0. The third-order valence-corrected chi connectivity index (χ3v) is 1.98. The molecule has 1 aromatic rings. The van der Waals surface area contributed by atoms with E-state index in [2.05, 4.69) is 30.3 Å². The number of halogens is 2. The van der Waals surface area contributed by atoms with E-state index in [0.717, 1.165) is 49.0 Å². The first-order valence-electron chi connectivity index (χ1n) is 3.05. The maximum absolute atomic E-state index is 9.99. The summed E-state index contributed by atoms with van der Waals surface area (Å²) in [5.74, 6) is 0. The van der Waals surface area contributed by atoms with Crippen LogP contribution in [0.5, 0.6) is 0 Å². The molecule has 0 atom stereocenters. The van der Waals surface area contributed by atoms with Crippen LogP contribution < -0.4 is -0.342 Å². The normalized spacial score (nSPS) is 10.0. The van der Waals surface area contributed by atoms with E-state index in [9.17, 15) is 7.77 Å². The summed E-state index contributed by atoms with van der Waals surface area (Å²) in [6.45, 7) is 0. The van der Waals surface area contributed by atoms with Gasteiger partial charge in [-0.1, -0.05) is 7.77 Å². The van der Waals surface area contributed by atoms with E-state index in [4.69, 9.17) is 8.42 Å². The summed E-state index contributed by atoms with van der Waals surface area (Å²) in [7, 11) is -5.67. The number of benzene rings is 1. The molecule has 1 aromatic carbocycles. The summed E-state index contributed by atoms with van der Waals surface area (Å²) in [6, 6.07) is 10.6. The fraction of sp³-hybridized carbons (Fsp3) is 0. The summed E-state index contributed by atoms with van der Waals surface area (Å²) < 4.78 is 38.1. The molecule has 2 nitrogen and oxygen atoms in total. The van der Waals surface area contributed by atoms with Crippen LogP contribution in [-0.2, 0) is 10.6 Å². The predicted octanol–water partition coefficient (Wildman–Crippen LogP) is 0.651. The van der Waals surface area contributed by atoms with Crippen molar-refractivity contribution in [1.82, 2.24) is 0 Å². The Morgan fingerprint density at radius 1 is 1.08 bits per heavy atom. The zero-order valence-electron chi connectivity index (χ0n) is 6.37. The summed E-state index contributed by atoms with van der Waals surface area (Å²) in [5.41, 5.74) is 0. The number of hydrogen-bond donors (Lipinski definition) is 0. The van der Waals surface area contributed by atoms with Gasteiger partial charge in [-0.2, -0.15) is 8.42 Å². The zero-order chi connectivity index (χ0) is 9.61. The average molecular weight is 218 g/mol. The van der Waals surface area contributed by atoms with E-state index in [-0.39, 0.29) is 0 Å². The van der Waals surface area contributed by atoms with Crippen molar-refractivity contribution in [2.75, 3.05) is 0 Å². The molecule has 0 saturated carbocycles. The van der Waals surface area contributed by atoms with Crippen molar-refractivity contribution in [3.63, 3.8) is 0 Å². The monoisotopic (exact) mass is 218 g/mol. The van der Waals surface area contributed by atoms with Gasteiger partial charge in [0.2, 0.25) is 0 Å². The Hall–Kier alpha value is 0.666. The fourth-order valence-electron chi connectivity index (χ4n) is 0.534. The summed E-state index contributed by atoms with van der Waals surface area (Å²) >= 11 is 0.855. The topological polar surface area (TPSA) is 34.1 Å². The molecule has 6 heteroatoms. The van der Waals surface area contributed by atoms with Crippen molar-refractivity contribution in [2.24, 2.45) is 0 Å². The van der Waals surface area contributed by atoms with E-state index in [1.807, 2.05) is 0 Å². The van der Waals surface area contributed by atoms with Crippen LogP contribution in [-0.4, -0.2) is 57.4 Å². The Bertz CT molecular complexity index is 304. The van der Waals surface area contributed by atoms with Gasteiger partial charge in [0.05, 0.1) is 0 Å². The summed E-state index contributed by atoms with van der Waals surface area (Å²) in [4.78, 5) is 0. The molecule has 0 fully saturated rings. The minimum absolute atomic E-state index is 0.855. The molecular formula is C6H5F2KO2S. The van der Waals surface area contributed by atoms with Gasteiger partial charge in [0.15, 0.2) is 0 Å². The third-order valence-electron chi connectivity index (χ3n) is 0.940. The Morgan fingerprint density at radius 3 is 1.58 bits per heavy atom. The van der Waals surface area contributed by atoms with E-state index >= 15 is 0 Å². The van der Waals surface area contributed by atoms with Gasteiger partial charge < -0.3 is 0 Å². The van der Waals surface area contributed by atoms with Crippen LogP contribution >= 0.6 is 0 Å². The molecule has 12 heavy (non-hydrogen) atoms. The van der Waals surface area contributed by atoms with Gasteiger partial charge >= 0.3 is 89.6 Å². The van der Waals surface area contributed by atoms with E-state index in [1.54, 1.807) is 0 Å². The van der Waals surface area contributed by atoms with Gasteiger partial charge in [-0.25, -0.2) is 0 Å². The van der Waals surface area contributed by atoms with Crippen molar-refractivity contribution in [3.8, 4) is 0 Å². The van der Waals surface area contributed by atoms with Crippen LogP contribution in [0, 0.1) is 0 Å². The molecule has 0 radical (unpaired) electrons. The molecule has 0 bridgehead atoms. The first-order chi connectivity index (χ1) is 5.39. The Balaban J connectivity index is 0.000000217. The average Bonchev–Trinajstić information content (AvgIpc) is 1.85. The van der Waals surface area contributed by atoms with Gasteiger partial charge in [0.1, 0.15) is 0 Å². The molecule has 0 aliphatic heterocycles. The zero-order valence-corrected chi connectivity index (χ0v) is 10.3. The second kappa shape index (κ2) is 6.17. The molecule has 0 N–H and O–H groups in total. The molecule has 1 rings (SSSR count). The van der Waals surface area contributed by atoms with E-state index in [1.165, 1.54) is -0.342 Å². The van der Waals surface area contributed by atoms with Crippen molar-refractivity contribution >= 4 is 59.2 Å². The quantitative estimate of drug-likeness (QED) is 0.473. The first kappa shape index (κ1) is 12.7. The Labute approximate surface area is 104 Å². The van der Waals surface area contributed by atoms with Gasteiger partial charge in [-0.05, 0) is 0 Å². The van der Waals surface area contributed by atoms with Crippen molar-refractivity contribution in [2.45, 2.75) is 0 Å². The van der Waals surface area contributed by atoms with E-state index < -0.39 is 10.6 Å². The van der Waals surface area contributed by atoms with Crippen LogP contribution in [0.1, 0.15) is 0 Å². The van der Waals surface area contributed by atoms with Crippen LogP contribution in [0.25, 0.3) is 0 Å². The molecule has 0 aliphatic rings. The molecule has 0 unspecified atom stereocenters. The van der Waals surface area contributed by atoms with Gasteiger partial charge in [0.25, 0.3) is 0 Å². The summed E-state index contributed by atoms with van der Waals surface area (Å²) in [5, 5.41) is 0. The van der Waals surface area contributed by atoms with Gasteiger partial charge in [-0.3, -0.25) is 0 Å². The molecule has 0 amide bonds. The molecule has 62 valence electrons. The van der Waals surface area contributed by atoms with Crippen molar-refractivity contribution in [3.05, 3.63) is 30.3 Å². The molecule has 0 aliphatic carbocycles. The van der Waals surface area contributed by atoms with Crippen LogP contribution in [0.3, 0.4) is 0 Å². The minimum atomic E-state index is -5.67. The SMILES string of the molecule is O=S(=O)(F)F.[K][c]1ccccc1. The molecular weight excluding hydrogens is 213 g/mol. The van der Waals surface area contributed by atoms with Crippen LogP contribution in [0.2, 0.25) is 0 Å². The van der Waals surface area contributed by atoms with Crippen LogP contribution in [0.15, 0.2) is 30.3 Å². The fourth-order valence-corrected chi connectivity index (χ4v) is 1.14. The Kier molecular flexibility index (Phi) is 6.51. The second-order valence-corrected chi connectivity index (χ2v) is 4.59. The third kappa shape index (κ3) is 13.3. The van der Waals surface area contributed by atoms with E-state index in [0.29, 0.717) is 0 Å². The maximum atomic E-state index is 9.99. The second-order valence-electron chi connectivity index (χ2n) is 2.03. The predicted molar refractivity (Wildman–Crippen MR) is 43.0 cm³/mol. The molecule has 0 heterocycles. The van der Waals surface area contributed by atoms with Crippen molar-refractivity contribution in [1.29, 1.82) is 0 Å². The molecule has 0 saturated heterocycles. The van der Waals surface area contributed by atoms with Crippen molar-refractivity contribution < 1.29 is 16.2 Å². The molecule has 0 aromatic heterocycles. The van der Waals surface area contributed by atoms with Crippen LogP contribution in [0.4, 0.5) is 7.77 Å². The van der Waals surface area contributed by atoms with Gasteiger partial charge in [0, 0.05) is 0 Å².